The van der Waals surface area contributed by atoms with Crippen LogP contribution in [0.3, 0.4) is 0 Å². The van der Waals surface area contributed by atoms with E-state index in [2.05, 4.69) is 17.1 Å². The minimum atomic E-state index is 0.379. The fourth-order valence-electron chi connectivity index (χ4n) is 2.97. The molecule has 0 aromatic carbocycles. The van der Waals surface area contributed by atoms with Crippen LogP contribution in [0, 0.1) is 5.92 Å². The number of nitrogens with one attached hydrogen (secondary N) is 1. The van der Waals surface area contributed by atoms with Gasteiger partial charge in [0.25, 0.3) is 0 Å². The van der Waals surface area contributed by atoms with Crippen LogP contribution in [0.25, 0.3) is 0 Å². The first kappa shape index (κ1) is 11.9. The third-order valence-electron chi connectivity index (χ3n) is 4.01. The zero-order chi connectivity index (χ0) is 11.4. The lowest BCUT2D eigenvalue weighted by Crippen LogP contribution is -2.52. The van der Waals surface area contributed by atoms with Gasteiger partial charge in [-0.1, -0.05) is 19.3 Å². The van der Waals surface area contributed by atoms with Gasteiger partial charge in [0.05, 0.1) is 0 Å². The molecule has 3 heteroatoms. The maximum atomic E-state index is 12.2. The number of amides is 1. The summed E-state index contributed by atoms with van der Waals surface area (Å²) in [6.07, 6.45) is 7.36. The maximum Gasteiger partial charge on any atom is 0.223 e. The lowest BCUT2D eigenvalue weighted by Gasteiger charge is -2.35. The van der Waals surface area contributed by atoms with Gasteiger partial charge in [-0.25, -0.2) is 0 Å². The minimum absolute atomic E-state index is 0.379. The number of hydrogen-bond acceptors (Lipinski definition) is 2. The molecule has 3 nitrogen and oxygen atoms in total. The summed E-state index contributed by atoms with van der Waals surface area (Å²) in [5, 5.41) is 3.33. The largest absolute Gasteiger partial charge is 0.337 e. The Balaban J connectivity index is 1.81. The number of hydrogen-bond donors (Lipinski definition) is 1. The molecule has 1 N–H and O–H groups in total. The molecule has 1 atom stereocenters. The summed E-state index contributed by atoms with van der Waals surface area (Å²) in [4.78, 5) is 14.2. The molecule has 2 aliphatic rings. The van der Waals surface area contributed by atoms with E-state index in [0.29, 0.717) is 17.9 Å². The van der Waals surface area contributed by atoms with Gasteiger partial charge in [0, 0.05) is 32.1 Å². The Morgan fingerprint density at radius 2 is 2.06 bits per heavy atom. The SMILES string of the molecule is CC1CNCCN1C(=O)CC1CCCCC1. The smallest absolute Gasteiger partial charge is 0.223 e. The predicted molar refractivity (Wildman–Crippen MR) is 65.2 cm³/mol. The summed E-state index contributed by atoms with van der Waals surface area (Å²) in [5.41, 5.74) is 0. The first-order chi connectivity index (χ1) is 7.77. The molecule has 2 rings (SSSR count). The van der Waals surface area contributed by atoms with Crippen LogP contribution in [0.15, 0.2) is 0 Å². The Bertz CT molecular complexity index is 236. The maximum absolute atomic E-state index is 12.2. The second kappa shape index (κ2) is 5.67. The van der Waals surface area contributed by atoms with E-state index in [1.807, 2.05) is 0 Å². The molecule has 1 heterocycles. The quantitative estimate of drug-likeness (QED) is 0.775. The molecule has 0 aromatic heterocycles. The molecular formula is C13H24N2O. The van der Waals surface area contributed by atoms with E-state index in [4.69, 9.17) is 0 Å². The van der Waals surface area contributed by atoms with Gasteiger partial charge in [-0.3, -0.25) is 4.79 Å². The van der Waals surface area contributed by atoms with E-state index in [0.717, 1.165) is 26.1 Å². The van der Waals surface area contributed by atoms with E-state index in [9.17, 15) is 4.79 Å². The van der Waals surface area contributed by atoms with E-state index in [-0.39, 0.29) is 0 Å². The molecule has 1 unspecified atom stereocenters. The van der Waals surface area contributed by atoms with E-state index < -0.39 is 0 Å². The highest BCUT2D eigenvalue weighted by atomic mass is 16.2. The highest BCUT2D eigenvalue weighted by Gasteiger charge is 2.25. The van der Waals surface area contributed by atoms with Crippen molar-refractivity contribution in [1.82, 2.24) is 10.2 Å². The Kier molecular flexibility index (Phi) is 4.22. The number of rotatable bonds is 2. The van der Waals surface area contributed by atoms with Crippen molar-refractivity contribution in [2.45, 2.75) is 51.5 Å². The lowest BCUT2D eigenvalue weighted by atomic mass is 9.86. The Morgan fingerprint density at radius 3 is 2.75 bits per heavy atom. The van der Waals surface area contributed by atoms with Crippen LogP contribution in [0.2, 0.25) is 0 Å². The summed E-state index contributed by atoms with van der Waals surface area (Å²) >= 11 is 0. The summed E-state index contributed by atoms with van der Waals surface area (Å²) in [6, 6.07) is 0.379. The van der Waals surface area contributed by atoms with E-state index >= 15 is 0 Å². The second-order valence-corrected chi connectivity index (χ2v) is 5.35. The molecule has 1 saturated carbocycles. The van der Waals surface area contributed by atoms with Crippen molar-refractivity contribution >= 4 is 5.91 Å². The second-order valence-electron chi connectivity index (χ2n) is 5.35. The monoisotopic (exact) mass is 224 g/mol. The molecule has 0 spiro atoms. The van der Waals surface area contributed by atoms with Gasteiger partial charge in [0.2, 0.25) is 5.91 Å². The Labute approximate surface area is 98.6 Å². The third kappa shape index (κ3) is 2.97. The van der Waals surface area contributed by atoms with Crippen LogP contribution >= 0.6 is 0 Å². The molecule has 92 valence electrons. The summed E-state index contributed by atoms with van der Waals surface area (Å²) in [6.45, 7) is 4.95. The topological polar surface area (TPSA) is 32.3 Å². The molecule has 1 aliphatic carbocycles. The first-order valence-electron chi connectivity index (χ1n) is 6.77. The Hall–Kier alpha value is -0.570. The average Bonchev–Trinajstić information content (AvgIpc) is 2.31. The third-order valence-corrected chi connectivity index (χ3v) is 4.01. The van der Waals surface area contributed by atoms with Gasteiger partial charge < -0.3 is 10.2 Å². The molecule has 16 heavy (non-hydrogen) atoms. The van der Waals surface area contributed by atoms with Gasteiger partial charge in [0.1, 0.15) is 0 Å². The first-order valence-corrected chi connectivity index (χ1v) is 6.77. The highest BCUT2D eigenvalue weighted by molar-refractivity contribution is 5.77. The van der Waals surface area contributed by atoms with Crippen molar-refractivity contribution in [3.05, 3.63) is 0 Å². The average molecular weight is 224 g/mol. The molecule has 1 aliphatic heterocycles. The fraction of sp³-hybridized carbons (Fsp3) is 0.923. The molecule has 0 aromatic rings. The molecule has 1 amide bonds. The van der Waals surface area contributed by atoms with Crippen LogP contribution < -0.4 is 5.32 Å². The van der Waals surface area contributed by atoms with Crippen molar-refractivity contribution in [1.29, 1.82) is 0 Å². The van der Waals surface area contributed by atoms with Gasteiger partial charge in [-0.05, 0) is 25.7 Å². The van der Waals surface area contributed by atoms with Crippen LogP contribution in [0.4, 0.5) is 0 Å². The Morgan fingerprint density at radius 1 is 1.31 bits per heavy atom. The number of carbonyl (C=O) groups is 1. The van der Waals surface area contributed by atoms with Crippen molar-refractivity contribution < 1.29 is 4.79 Å². The van der Waals surface area contributed by atoms with E-state index in [1.54, 1.807) is 0 Å². The summed E-state index contributed by atoms with van der Waals surface area (Å²) in [5.74, 6) is 1.06. The van der Waals surface area contributed by atoms with Crippen LogP contribution in [0.5, 0.6) is 0 Å². The molecule has 2 fully saturated rings. The number of carbonyl (C=O) groups excluding carboxylic acids is 1. The van der Waals surface area contributed by atoms with E-state index in [1.165, 1.54) is 32.1 Å². The molecule has 0 bridgehead atoms. The standard InChI is InChI=1S/C13H24N2O/c1-11-10-14-7-8-15(11)13(16)9-12-5-3-2-4-6-12/h11-12,14H,2-10H2,1H3. The zero-order valence-electron chi connectivity index (χ0n) is 10.4. The fourth-order valence-corrected chi connectivity index (χ4v) is 2.97. The summed E-state index contributed by atoms with van der Waals surface area (Å²) in [7, 11) is 0. The number of nitrogens with zero attached hydrogens (tertiary/aromatic N) is 1. The minimum Gasteiger partial charge on any atom is -0.337 e. The van der Waals surface area contributed by atoms with Crippen LogP contribution in [-0.4, -0.2) is 36.5 Å². The van der Waals surface area contributed by atoms with Gasteiger partial charge in [-0.2, -0.15) is 0 Å². The molecular weight excluding hydrogens is 200 g/mol. The van der Waals surface area contributed by atoms with Crippen molar-refractivity contribution in [2.75, 3.05) is 19.6 Å². The zero-order valence-corrected chi connectivity index (χ0v) is 10.4. The van der Waals surface area contributed by atoms with Gasteiger partial charge in [-0.15, -0.1) is 0 Å². The normalized spacial score (nSPS) is 28.1. The van der Waals surface area contributed by atoms with Crippen molar-refractivity contribution in [2.24, 2.45) is 5.92 Å². The van der Waals surface area contributed by atoms with Crippen molar-refractivity contribution in [3.63, 3.8) is 0 Å². The molecule has 1 saturated heterocycles. The van der Waals surface area contributed by atoms with Gasteiger partial charge >= 0.3 is 0 Å². The van der Waals surface area contributed by atoms with Crippen LogP contribution in [0.1, 0.15) is 45.4 Å². The lowest BCUT2D eigenvalue weighted by molar-refractivity contribution is -0.135. The predicted octanol–water partition coefficient (Wildman–Crippen LogP) is 1.78. The van der Waals surface area contributed by atoms with Crippen molar-refractivity contribution in [3.8, 4) is 0 Å². The number of piperazine rings is 1. The highest BCUT2D eigenvalue weighted by Crippen LogP contribution is 2.27. The van der Waals surface area contributed by atoms with Crippen LogP contribution in [-0.2, 0) is 4.79 Å². The molecule has 0 radical (unpaired) electrons. The summed E-state index contributed by atoms with van der Waals surface area (Å²) < 4.78 is 0. The van der Waals surface area contributed by atoms with Gasteiger partial charge in [0.15, 0.2) is 0 Å².